The Labute approximate surface area is 159 Å². The van der Waals surface area contributed by atoms with Gasteiger partial charge in [-0.1, -0.05) is 13.3 Å². The van der Waals surface area contributed by atoms with Crippen LogP contribution in [0, 0.1) is 0 Å². The van der Waals surface area contributed by atoms with Crippen molar-refractivity contribution in [3.8, 4) is 11.5 Å². The van der Waals surface area contributed by atoms with Crippen molar-refractivity contribution >= 4 is 23.4 Å². The number of piperazine rings is 1. The van der Waals surface area contributed by atoms with Gasteiger partial charge in [0.25, 0.3) is 0 Å². The quantitative estimate of drug-likeness (QED) is 0.520. The lowest BCUT2D eigenvalue weighted by atomic mass is 10.2. The van der Waals surface area contributed by atoms with Gasteiger partial charge in [-0.15, -0.1) is 0 Å². The number of carbonyl (C=O) groups is 3. The number of nitrogens with zero attached hydrogens (tertiary/aromatic N) is 2. The summed E-state index contributed by atoms with van der Waals surface area (Å²) in [5.41, 5.74) is 0.474. The van der Waals surface area contributed by atoms with Gasteiger partial charge in [0.15, 0.2) is 0 Å². The van der Waals surface area contributed by atoms with Crippen LogP contribution in [0.4, 0.5) is 5.69 Å². The van der Waals surface area contributed by atoms with Gasteiger partial charge < -0.3 is 24.6 Å². The number of hydrogen-bond donors (Lipinski definition) is 1. The molecule has 0 radical (unpaired) electrons. The minimum atomic E-state index is -0.650. The van der Waals surface area contributed by atoms with Crippen LogP contribution < -0.4 is 14.8 Å². The molecule has 0 unspecified atom stereocenters. The van der Waals surface area contributed by atoms with Gasteiger partial charge in [-0.3, -0.25) is 14.4 Å². The Balaban J connectivity index is 2.03. The molecule has 0 atom stereocenters. The molecule has 2 rings (SSSR count). The molecule has 1 aliphatic heterocycles. The molecule has 1 saturated heterocycles. The van der Waals surface area contributed by atoms with Crippen LogP contribution in [0.25, 0.3) is 0 Å². The number of ether oxygens (including phenoxy) is 2. The summed E-state index contributed by atoms with van der Waals surface area (Å²) in [5, 5.41) is 2.76. The first-order chi connectivity index (χ1) is 13.0. The highest BCUT2D eigenvalue weighted by molar-refractivity contribution is 6.35. The summed E-state index contributed by atoms with van der Waals surface area (Å²) in [5.74, 6) is -0.494. The Bertz CT molecular complexity index is 692. The third kappa shape index (κ3) is 5.35. The Morgan fingerprint density at radius 1 is 1.15 bits per heavy atom. The Hall–Kier alpha value is -2.77. The molecule has 1 aromatic rings. The summed E-state index contributed by atoms with van der Waals surface area (Å²) in [6, 6.07) is 5.16. The van der Waals surface area contributed by atoms with E-state index < -0.39 is 17.7 Å². The summed E-state index contributed by atoms with van der Waals surface area (Å²) < 4.78 is 10.9. The van der Waals surface area contributed by atoms with Crippen molar-refractivity contribution in [2.45, 2.75) is 26.7 Å². The van der Waals surface area contributed by atoms with Crippen molar-refractivity contribution in [3.63, 3.8) is 0 Å². The molecular formula is C19H27N3O5. The predicted molar refractivity (Wildman–Crippen MR) is 101 cm³/mol. The molecule has 1 fully saturated rings. The highest BCUT2D eigenvalue weighted by atomic mass is 16.5. The number of unbranched alkanes of at least 4 members (excludes halogenated alkanes) is 1. The molecule has 8 nitrogen and oxygen atoms in total. The van der Waals surface area contributed by atoms with Crippen LogP contribution in [0.1, 0.15) is 26.7 Å². The molecule has 0 saturated carbocycles. The van der Waals surface area contributed by atoms with E-state index in [4.69, 9.17) is 9.47 Å². The van der Waals surface area contributed by atoms with Crippen LogP contribution >= 0.6 is 0 Å². The van der Waals surface area contributed by atoms with E-state index in [1.807, 2.05) is 6.92 Å². The maximum Gasteiger partial charge on any atom is 0.312 e. The number of amides is 3. The summed E-state index contributed by atoms with van der Waals surface area (Å²) in [7, 11) is 1.54. The SMILES string of the molecule is CCCCOc1ccc(OC)cc1NC(=O)CN1CCN(CC)C(=O)C1=O. The summed E-state index contributed by atoms with van der Waals surface area (Å²) in [6.45, 7) is 5.48. The Kier molecular flexibility index (Phi) is 7.45. The van der Waals surface area contributed by atoms with Gasteiger partial charge in [-0.2, -0.15) is 0 Å². The highest BCUT2D eigenvalue weighted by Crippen LogP contribution is 2.29. The first-order valence-electron chi connectivity index (χ1n) is 9.19. The monoisotopic (exact) mass is 377 g/mol. The number of anilines is 1. The number of rotatable bonds is 9. The second kappa shape index (κ2) is 9.80. The summed E-state index contributed by atoms with van der Waals surface area (Å²) in [6.07, 6.45) is 1.90. The van der Waals surface area contributed by atoms with Crippen LogP contribution in [-0.2, 0) is 14.4 Å². The summed E-state index contributed by atoms with van der Waals surface area (Å²) in [4.78, 5) is 39.3. The Morgan fingerprint density at radius 3 is 2.52 bits per heavy atom. The molecule has 1 heterocycles. The molecule has 0 aromatic heterocycles. The van der Waals surface area contributed by atoms with E-state index in [0.717, 1.165) is 12.8 Å². The van der Waals surface area contributed by atoms with E-state index in [0.29, 0.717) is 43.4 Å². The zero-order valence-corrected chi connectivity index (χ0v) is 16.1. The number of methoxy groups -OCH3 is 1. The predicted octanol–water partition coefficient (Wildman–Crippen LogP) is 1.50. The normalized spacial score (nSPS) is 14.3. The molecule has 0 bridgehead atoms. The van der Waals surface area contributed by atoms with Gasteiger partial charge in [0, 0.05) is 25.7 Å². The van der Waals surface area contributed by atoms with E-state index in [1.54, 1.807) is 18.2 Å². The lowest BCUT2D eigenvalue weighted by Crippen LogP contribution is -2.55. The van der Waals surface area contributed by atoms with Crippen molar-refractivity contribution in [1.29, 1.82) is 0 Å². The third-order valence-electron chi connectivity index (χ3n) is 4.33. The number of carbonyl (C=O) groups excluding carboxylic acids is 3. The average molecular weight is 377 g/mol. The standard InChI is InChI=1S/C19H27N3O5/c1-4-6-11-27-16-8-7-14(26-3)12-15(16)20-17(23)13-22-10-9-21(5-2)18(24)19(22)25/h7-8,12H,4-6,9-11,13H2,1-3H3,(H,20,23). The number of nitrogens with one attached hydrogen (secondary N) is 1. The minimum Gasteiger partial charge on any atom is -0.497 e. The molecule has 1 aliphatic rings. The zero-order valence-electron chi connectivity index (χ0n) is 16.1. The molecule has 3 amide bonds. The molecule has 0 spiro atoms. The maximum atomic E-state index is 12.4. The Morgan fingerprint density at radius 2 is 1.85 bits per heavy atom. The number of benzene rings is 1. The maximum absolute atomic E-state index is 12.4. The van der Waals surface area contributed by atoms with Crippen LogP contribution in [-0.4, -0.2) is 67.4 Å². The molecule has 0 aliphatic carbocycles. The molecular weight excluding hydrogens is 350 g/mol. The summed E-state index contributed by atoms with van der Waals surface area (Å²) >= 11 is 0. The van der Waals surface area contributed by atoms with Gasteiger partial charge in [0.05, 0.1) is 19.4 Å². The van der Waals surface area contributed by atoms with Gasteiger partial charge in [0.1, 0.15) is 18.0 Å². The van der Waals surface area contributed by atoms with Crippen LogP contribution in [0.2, 0.25) is 0 Å². The van der Waals surface area contributed by atoms with Crippen LogP contribution in [0.3, 0.4) is 0 Å². The molecule has 148 valence electrons. The molecule has 8 heteroatoms. The third-order valence-corrected chi connectivity index (χ3v) is 4.33. The first kappa shape index (κ1) is 20.5. The topological polar surface area (TPSA) is 88.2 Å². The van der Waals surface area contributed by atoms with E-state index in [9.17, 15) is 14.4 Å². The first-order valence-corrected chi connectivity index (χ1v) is 9.19. The van der Waals surface area contributed by atoms with E-state index in [1.165, 1.54) is 16.9 Å². The average Bonchev–Trinajstić information content (AvgIpc) is 2.67. The van der Waals surface area contributed by atoms with Gasteiger partial charge in [-0.25, -0.2) is 0 Å². The second-order valence-electron chi connectivity index (χ2n) is 6.22. The van der Waals surface area contributed by atoms with Crippen molar-refractivity contribution in [3.05, 3.63) is 18.2 Å². The van der Waals surface area contributed by atoms with E-state index in [2.05, 4.69) is 12.2 Å². The fraction of sp³-hybridized carbons (Fsp3) is 0.526. The smallest absolute Gasteiger partial charge is 0.312 e. The zero-order chi connectivity index (χ0) is 19.8. The fourth-order valence-corrected chi connectivity index (χ4v) is 2.72. The number of likely N-dealkylation sites (N-methyl/N-ethyl adjacent to an activating group) is 1. The van der Waals surface area contributed by atoms with Crippen molar-refractivity contribution < 1.29 is 23.9 Å². The van der Waals surface area contributed by atoms with E-state index in [-0.39, 0.29) is 6.54 Å². The minimum absolute atomic E-state index is 0.187. The van der Waals surface area contributed by atoms with Crippen LogP contribution in [0.15, 0.2) is 18.2 Å². The lowest BCUT2D eigenvalue weighted by molar-refractivity contribution is -0.156. The largest absolute Gasteiger partial charge is 0.497 e. The van der Waals surface area contributed by atoms with E-state index >= 15 is 0 Å². The lowest BCUT2D eigenvalue weighted by Gasteiger charge is -2.32. The van der Waals surface area contributed by atoms with Crippen molar-refractivity contribution in [2.75, 3.05) is 45.2 Å². The highest BCUT2D eigenvalue weighted by Gasteiger charge is 2.32. The van der Waals surface area contributed by atoms with Gasteiger partial charge in [0.2, 0.25) is 5.91 Å². The molecule has 1 N–H and O–H groups in total. The fourth-order valence-electron chi connectivity index (χ4n) is 2.72. The van der Waals surface area contributed by atoms with Crippen molar-refractivity contribution in [2.24, 2.45) is 0 Å². The van der Waals surface area contributed by atoms with Gasteiger partial charge >= 0.3 is 11.8 Å². The molecule has 1 aromatic carbocycles. The molecule has 27 heavy (non-hydrogen) atoms. The van der Waals surface area contributed by atoms with Crippen LogP contribution in [0.5, 0.6) is 11.5 Å². The van der Waals surface area contributed by atoms with Gasteiger partial charge in [-0.05, 0) is 25.5 Å². The second-order valence-corrected chi connectivity index (χ2v) is 6.22. The van der Waals surface area contributed by atoms with Crippen molar-refractivity contribution in [1.82, 2.24) is 9.80 Å². The number of hydrogen-bond acceptors (Lipinski definition) is 5.